The maximum Gasteiger partial charge on any atom is 0.0944 e. The van der Waals surface area contributed by atoms with Crippen molar-refractivity contribution in [2.24, 2.45) is 0 Å². The number of nitrogens with one attached hydrogen (secondary N) is 1. The van der Waals surface area contributed by atoms with E-state index in [0.29, 0.717) is 6.04 Å². The zero-order chi connectivity index (χ0) is 14.4. The average molecular weight is 296 g/mol. The van der Waals surface area contributed by atoms with Crippen molar-refractivity contribution in [1.82, 2.24) is 10.3 Å². The number of ether oxygens (including phenoxy) is 1. The van der Waals surface area contributed by atoms with Gasteiger partial charge < -0.3 is 10.1 Å². The number of thiazole rings is 1. The van der Waals surface area contributed by atoms with Crippen LogP contribution in [0.5, 0.6) is 0 Å². The first-order chi connectivity index (χ1) is 9.70. The second-order valence-corrected chi connectivity index (χ2v) is 6.78. The van der Waals surface area contributed by atoms with E-state index in [-0.39, 0.29) is 5.60 Å². The first-order valence-corrected chi connectivity index (χ1v) is 8.80. The van der Waals surface area contributed by atoms with Crippen LogP contribution in [0.2, 0.25) is 0 Å². The van der Waals surface area contributed by atoms with E-state index < -0.39 is 0 Å². The van der Waals surface area contributed by atoms with Crippen LogP contribution in [-0.4, -0.2) is 30.3 Å². The Morgan fingerprint density at radius 2 is 2.05 bits per heavy atom. The normalized spacial score (nSPS) is 20.6. The summed E-state index contributed by atoms with van der Waals surface area (Å²) in [6.45, 7) is 4.99. The van der Waals surface area contributed by atoms with Gasteiger partial charge in [0.05, 0.1) is 10.6 Å². The van der Waals surface area contributed by atoms with Gasteiger partial charge in [0.15, 0.2) is 0 Å². The number of hydrogen-bond acceptors (Lipinski definition) is 4. The number of aryl methyl sites for hydroxylation is 1. The van der Waals surface area contributed by atoms with Gasteiger partial charge in [-0.3, -0.25) is 0 Å². The predicted molar refractivity (Wildman–Crippen MR) is 85.5 cm³/mol. The van der Waals surface area contributed by atoms with Crippen LogP contribution < -0.4 is 5.32 Å². The van der Waals surface area contributed by atoms with Gasteiger partial charge in [-0.25, -0.2) is 4.98 Å². The van der Waals surface area contributed by atoms with Crippen LogP contribution in [0.4, 0.5) is 0 Å². The first-order valence-electron chi connectivity index (χ1n) is 7.92. The highest BCUT2D eigenvalue weighted by atomic mass is 32.1. The van der Waals surface area contributed by atoms with Crippen LogP contribution in [0, 0.1) is 6.92 Å². The van der Waals surface area contributed by atoms with Crippen molar-refractivity contribution in [2.45, 2.75) is 70.4 Å². The van der Waals surface area contributed by atoms with E-state index in [1.165, 1.54) is 43.5 Å². The molecule has 3 nitrogen and oxygen atoms in total. The Morgan fingerprint density at radius 3 is 2.55 bits per heavy atom. The third-order valence-electron chi connectivity index (χ3n) is 4.41. The lowest BCUT2D eigenvalue weighted by Gasteiger charge is -2.40. The molecule has 4 heteroatoms. The Labute approximate surface area is 127 Å². The average Bonchev–Trinajstić information content (AvgIpc) is 2.71. The molecule has 1 aromatic rings. The van der Waals surface area contributed by atoms with E-state index in [9.17, 15) is 0 Å². The van der Waals surface area contributed by atoms with Crippen molar-refractivity contribution < 1.29 is 4.74 Å². The summed E-state index contributed by atoms with van der Waals surface area (Å²) in [5.74, 6) is 0. The molecule has 1 fully saturated rings. The standard InChI is InChI=1S/C16H28N2OS/c1-4-19-16(9-7-5-6-8-10-16)14(17-3)11-15-18-13(2)12-20-15/h12,14,17H,4-11H2,1-3H3. The molecule has 0 amide bonds. The van der Waals surface area contributed by atoms with Gasteiger partial charge in [-0.2, -0.15) is 0 Å². The second kappa shape index (κ2) is 7.53. The summed E-state index contributed by atoms with van der Waals surface area (Å²) in [7, 11) is 2.07. The summed E-state index contributed by atoms with van der Waals surface area (Å²) in [5.41, 5.74) is 1.13. The molecule has 1 aliphatic rings. The molecule has 0 radical (unpaired) electrons. The summed E-state index contributed by atoms with van der Waals surface area (Å²) in [6.07, 6.45) is 8.61. The van der Waals surface area contributed by atoms with Crippen LogP contribution in [0.15, 0.2) is 5.38 Å². The molecule has 1 atom stereocenters. The van der Waals surface area contributed by atoms with Crippen molar-refractivity contribution in [3.05, 3.63) is 16.1 Å². The van der Waals surface area contributed by atoms with Crippen molar-refractivity contribution in [1.29, 1.82) is 0 Å². The Kier molecular flexibility index (Phi) is 6.00. The molecule has 1 heterocycles. The fourth-order valence-corrected chi connectivity index (χ4v) is 4.25. The van der Waals surface area contributed by atoms with Gasteiger partial charge in [-0.1, -0.05) is 25.7 Å². The zero-order valence-corrected chi connectivity index (χ0v) is 13.9. The minimum absolute atomic E-state index is 0.000422. The van der Waals surface area contributed by atoms with E-state index in [0.717, 1.165) is 18.7 Å². The largest absolute Gasteiger partial charge is 0.374 e. The van der Waals surface area contributed by atoms with Gasteiger partial charge in [0, 0.05) is 30.1 Å². The molecule has 114 valence electrons. The van der Waals surface area contributed by atoms with Gasteiger partial charge in [0.25, 0.3) is 0 Å². The molecule has 1 saturated carbocycles. The van der Waals surface area contributed by atoms with E-state index in [2.05, 4.69) is 36.6 Å². The molecule has 20 heavy (non-hydrogen) atoms. The minimum atomic E-state index is -0.000422. The topological polar surface area (TPSA) is 34.1 Å². The van der Waals surface area contributed by atoms with Crippen LogP contribution in [0.3, 0.4) is 0 Å². The molecule has 1 unspecified atom stereocenters. The lowest BCUT2D eigenvalue weighted by atomic mass is 9.84. The molecule has 0 bridgehead atoms. The quantitative estimate of drug-likeness (QED) is 0.813. The molecule has 0 aromatic carbocycles. The summed E-state index contributed by atoms with van der Waals surface area (Å²) in [6, 6.07) is 0.367. The van der Waals surface area contributed by atoms with Gasteiger partial charge in [-0.15, -0.1) is 11.3 Å². The molecule has 0 aliphatic heterocycles. The molecular weight excluding hydrogens is 268 g/mol. The number of nitrogens with zero attached hydrogens (tertiary/aromatic N) is 1. The van der Waals surface area contributed by atoms with Crippen molar-refractivity contribution in [3.63, 3.8) is 0 Å². The summed E-state index contributed by atoms with van der Waals surface area (Å²) >= 11 is 1.77. The minimum Gasteiger partial charge on any atom is -0.374 e. The van der Waals surface area contributed by atoms with Gasteiger partial charge in [0.1, 0.15) is 0 Å². The molecule has 0 spiro atoms. The fraction of sp³-hybridized carbons (Fsp3) is 0.812. The smallest absolute Gasteiger partial charge is 0.0944 e. The highest BCUT2D eigenvalue weighted by molar-refractivity contribution is 7.09. The molecule has 1 aliphatic carbocycles. The highest BCUT2D eigenvalue weighted by Crippen LogP contribution is 2.35. The van der Waals surface area contributed by atoms with Gasteiger partial charge >= 0.3 is 0 Å². The Hall–Kier alpha value is -0.450. The van der Waals surface area contributed by atoms with Crippen molar-refractivity contribution in [3.8, 4) is 0 Å². The maximum absolute atomic E-state index is 6.30. The van der Waals surface area contributed by atoms with E-state index in [1.807, 2.05) is 0 Å². The highest BCUT2D eigenvalue weighted by Gasteiger charge is 2.39. The molecule has 2 rings (SSSR count). The molecular formula is C16H28N2OS. The van der Waals surface area contributed by atoms with Gasteiger partial charge in [-0.05, 0) is 33.7 Å². The summed E-state index contributed by atoms with van der Waals surface area (Å²) < 4.78 is 6.30. The number of likely N-dealkylation sites (N-methyl/N-ethyl adjacent to an activating group) is 1. The van der Waals surface area contributed by atoms with Crippen molar-refractivity contribution >= 4 is 11.3 Å². The molecule has 0 saturated heterocycles. The molecule has 1 N–H and O–H groups in total. The van der Waals surface area contributed by atoms with Crippen LogP contribution in [0.25, 0.3) is 0 Å². The monoisotopic (exact) mass is 296 g/mol. The Morgan fingerprint density at radius 1 is 1.35 bits per heavy atom. The van der Waals surface area contributed by atoms with Crippen LogP contribution >= 0.6 is 11.3 Å². The Balaban J connectivity index is 2.15. The van der Waals surface area contributed by atoms with Crippen LogP contribution in [0.1, 0.15) is 56.2 Å². The van der Waals surface area contributed by atoms with E-state index in [1.54, 1.807) is 11.3 Å². The van der Waals surface area contributed by atoms with Crippen molar-refractivity contribution in [2.75, 3.05) is 13.7 Å². The second-order valence-electron chi connectivity index (χ2n) is 5.84. The third-order valence-corrected chi connectivity index (χ3v) is 5.40. The predicted octanol–water partition coefficient (Wildman–Crippen LogP) is 3.71. The van der Waals surface area contributed by atoms with Crippen LogP contribution in [-0.2, 0) is 11.2 Å². The maximum atomic E-state index is 6.30. The Bertz CT molecular complexity index is 397. The fourth-order valence-electron chi connectivity index (χ4n) is 3.43. The number of aromatic nitrogens is 1. The summed E-state index contributed by atoms with van der Waals surface area (Å²) in [5, 5.41) is 6.89. The molecule has 1 aromatic heterocycles. The lowest BCUT2D eigenvalue weighted by molar-refractivity contribution is -0.0752. The number of hydrogen-bond donors (Lipinski definition) is 1. The summed E-state index contributed by atoms with van der Waals surface area (Å²) in [4.78, 5) is 4.63. The number of rotatable bonds is 6. The first kappa shape index (κ1) is 15.9. The third kappa shape index (κ3) is 3.80. The van der Waals surface area contributed by atoms with E-state index >= 15 is 0 Å². The van der Waals surface area contributed by atoms with Gasteiger partial charge in [0.2, 0.25) is 0 Å². The zero-order valence-electron chi connectivity index (χ0n) is 13.1. The van der Waals surface area contributed by atoms with E-state index in [4.69, 9.17) is 4.74 Å². The lowest BCUT2D eigenvalue weighted by Crippen LogP contribution is -2.52. The SMILES string of the molecule is CCOC1(C(Cc2nc(C)cs2)NC)CCCCCC1.